The second-order valence-electron chi connectivity index (χ2n) is 3.64. The first-order valence-corrected chi connectivity index (χ1v) is 5.05. The third-order valence-electron chi connectivity index (χ3n) is 2.12. The lowest BCUT2D eigenvalue weighted by Crippen LogP contribution is -2.30. The molecule has 84 valence electrons. The van der Waals surface area contributed by atoms with Gasteiger partial charge in [-0.1, -0.05) is 6.92 Å². The van der Waals surface area contributed by atoms with Gasteiger partial charge >= 0.3 is 0 Å². The molecule has 5 heteroatoms. The van der Waals surface area contributed by atoms with Gasteiger partial charge in [-0.2, -0.15) is 0 Å². The Morgan fingerprint density at radius 3 is 3.07 bits per heavy atom. The van der Waals surface area contributed by atoms with Crippen LogP contribution in [0.25, 0.3) is 0 Å². The Balaban J connectivity index is 2.14. The number of imidazole rings is 1. The zero-order chi connectivity index (χ0) is 11.1. The summed E-state index contributed by atoms with van der Waals surface area (Å²) < 4.78 is 1.86. The summed E-state index contributed by atoms with van der Waals surface area (Å²) in [6.07, 6.45) is 5.63. The van der Waals surface area contributed by atoms with Crippen LogP contribution in [0.4, 0.5) is 0 Å². The van der Waals surface area contributed by atoms with Crippen LogP contribution in [0.5, 0.6) is 0 Å². The van der Waals surface area contributed by atoms with Gasteiger partial charge in [0.05, 0.1) is 6.33 Å². The summed E-state index contributed by atoms with van der Waals surface area (Å²) in [5.74, 6) is 0.117. The maximum atomic E-state index is 11.3. The summed E-state index contributed by atoms with van der Waals surface area (Å²) in [5, 5.41) is 11.5. The Labute approximate surface area is 89.1 Å². The molecule has 2 N–H and O–H groups in total. The van der Waals surface area contributed by atoms with Crippen LogP contribution in [0, 0.1) is 5.92 Å². The molecular weight excluding hydrogens is 194 g/mol. The number of rotatable bonds is 6. The number of carbonyl (C=O) groups excluding carboxylic acids is 1. The van der Waals surface area contributed by atoms with Crippen molar-refractivity contribution in [1.82, 2.24) is 14.9 Å². The molecular formula is C10H17N3O2. The SMILES string of the molecule is CC(CO)CNC(=O)CCn1ccnc1. The summed E-state index contributed by atoms with van der Waals surface area (Å²) in [7, 11) is 0. The molecule has 0 aliphatic heterocycles. The number of carbonyl (C=O) groups is 1. The van der Waals surface area contributed by atoms with Gasteiger partial charge in [-0.25, -0.2) is 4.98 Å². The Hall–Kier alpha value is -1.36. The van der Waals surface area contributed by atoms with Crippen LogP contribution < -0.4 is 5.32 Å². The number of nitrogens with one attached hydrogen (secondary N) is 1. The van der Waals surface area contributed by atoms with Gasteiger partial charge in [-0.3, -0.25) is 4.79 Å². The van der Waals surface area contributed by atoms with Gasteiger partial charge in [-0.05, 0) is 5.92 Å². The third kappa shape index (κ3) is 4.60. The predicted molar refractivity (Wildman–Crippen MR) is 56.1 cm³/mol. The highest BCUT2D eigenvalue weighted by molar-refractivity contribution is 5.75. The van der Waals surface area contributed by atoms with Crippen molar-refractivity contribution >= 4 is 5.91 Å². The molecule has 1 aromatic rings. The maximum absolute atomic E-state index is 11.3. The zero-order valence-corrected chi connectivity index (χ0v) is 8.89. The van der Waals surface area contributed by atoms with Gasteiger partial charge in [0.25, 0.3) is 0 Å². The molecule has 1 aromatic heterocycles. The summed E-state index contributed by atoms with van der Waals surface area (Å²) in [6, 6.07) is 0. The number of hydrogen-bond donors (Lipinski definition) is 2. The fraction of sp³-hybridized carbons (Fsp3) is 0.600. The molecule has 0 spiro atoms. The maximum Gasteiger partial charge on any atom is 0.221 e. The molecule has 15 heavy (non-hydrogen) atoms. The molecule has 0 aliphatic carbocycles. The number of aliphatic hydroxyl groups excluding tert-OH is 1. The average molecular weight is 211 g/mol. The second-order valence-corrected chi connectivity index (χ2v) is 3.64. The third-order valence-corrected chi connectivity index (χ3v) is 2.12. The number of aryl methyl sites for hydroxylation is 1. The highest BCUT2D eigenvalue weighted by atomic mass is 16.3. The van der Waals surface area contributed by atoms with Gasteiger partial charge < -0.3 is 15.0 Å². The van der Waals surface area contributed by atoms with Crippen molar-refractivity contribution in [3.63, 3.8) is 0 Å². The Kier molecular flexibility index (Phi) is 4.83. The lowest BCUT2D eigenvalue weighted by atomic mass is 10.2. The number of hydrogen-bond acceptors (Lipinski definition) is 3. The van der Waals surface area contributed by atoms with E-state index in [1.165, 1.54) is 0 Å². The molecule has 1 unspecified atom stereocenters. The number of aromatic nitrogens is 2. The van der Waals surface area contributed by atoms with E-state index in [1.807, 2.05) is 17.7 Å². The average Bonchev–Trinajstić information content (AvgIpc) is 2.75. The van der Waals surface area contributed by atoms with Crippen molar-refractivity contribution in [3.05, 3.63) is 18.7 Å². The van der Waals surface area contributed by atoms with E-state index in [2.05, 4.69) is 10.3 Å². The normalized spacial score (nSPS) is 12.4. The molecule has 0 fully saturated rings. The molecule has 1 amide bonds. The fourth-order valence-corrected chi connectivity index (χ4v) is 1.09. The van der Waals surface area contributed by atoms with Crippen LogP contribution in [0.1, 0.15) is 13.3 Å². The molecule has 0 saturated carbocycles. The van der Waals surface area contributed by atoms with E-state index in [1.54, 1.807) is 12.5 Å². The minimum atomic E-state index is 0.00370. The van der Waals surface area contributed by atoms with Gasteiger partial charge in [0.1, 0.15) is 0 Å². The summed E-state index contributed by atoms with van der Waals surface area (Å²) >= 11 is 0. The minimum Gasteiger partial charge on any atom is -0.396 e. The standard InChI is InChI=1S/C10H17N3O2/c1-9(7-14)6-12-10(15)2-4-13-5-3-11-8-13/h3,5,8-9,14H,2,4,6-7H2,1H3,(H,12,15). The van der Waals surface area contributed by atoms with Crippen LogP contribution in [0.3, 0.4) is 0 Å². The lowest BCUT2D eigenvalue weighted by molar-refractivity contribution is -0.121. The van der Waals surface area contributed by atoms with E-state index >= 15 is 0 Å². The zero-order valence-electron chi connectivity index (χ0n) is 8.89. The Bertz CT molecular complexity index is 285. The van der Waals surface area contributed by atoms with Crippen LogP contribution >= 0.6 is 0 Å². The highest BCUT2D eigenvalue weighted by Crippen LogP contribution is 1.92. The van der Waals surface area contributed by atoms with Crippen LogP contribution in [-0.4, -0.2) is 33.7 Å². The van der Waals surface area contributed by atoms with Gasteiger partial charge in [-0.15, -0.1) is 0 Å². The molecule has 0 radical (unpaired) electrons. The smallest absolute Gasteiger partial charge is 0.221 e. The van der Waals surface area contributed by atoms with Crippen molar-refractivity contribution in [1.29, 1.82) is 0 Å². The number of aliphatic hydroxyl groups is 1. The molecule has 1 heterocycles. The van der Waals surface area contributed by atoms with Crippen molar-refractivity contribution in [2.45, 2.75) is 19.9 Å². The van der Waals surface area contributed by atoms with E-state index in [-0.39, 0.29) is 18.4 Å². The molecule has 0 saturated heterocycles. The minimum absolute atomic E-state index is 0.00370. The van der Waals surface area contributed by atoms with E-state index < -0.39 is 0 Å². The van der Waals surface area contributed by atoms with Gasteiger partial charge in [0, 0.05) is 38.5 Å². The van der Waals surface area contributed by atoms with Crippen LogP contribution in [0.2, 0.25) is 0 Å². The largest absolute Gasteiger partial charge is 0.396 e. The molecule has 5 nitrogen and oxygen atoms in total. The highest BCUT2D eigenvalue weighted by Gasteiger charge is 2.04. The van der Waals surface area contributed by atoms with Crippen molar-refractivity contribution in [3.8, 4) is 0 Å². The first kappa shape index (κ1) is 11.7. The molecule has 0 aromatic carbocycles. The monoisotopic (exact) mass is 211 g/mol. The second kappa shape index (κ2) is 6.19. The molecule has 0 bridgehead atoms. The van der Waals surface area contributed by atoms with E-state index in [9.17, 15) is 4.79 Å². The quantitative estimate of drug-likeness (QED) is 0.697. The van der Waals surface area contributed by atoms with Gasteiger partial charge in [0.15, 0.2) is 0 Å². The van der Waals surface area contributed by atoms with Crippen LogP contribution in [0.15, 0.2) is 18.7 Å². The summed E-state index contributed by atoms with van der Waals surface area (Å²) in [6.45, 7) is 3.15. The van der Waals surface area contributed by atoms with Crippen molar-refractivity contribution < 1.29 is 9.90 Å². The number of amides is 1. The summed E-state index contributed by atoms with van der Waals surface area (Å²) in [5.41, 5.74) is 0. The first-order chi connectivity index (χ1) is 7.22. The Morgan fingerprint density at radius 1 is 1.67 bits per heavy atom. The van der Waals surface area contributed by atoms with Crippen molar-refractivity contribution in [2.75, 3.05) is 13.2 Å². The summed E-state index contributed by atoms with van der Waals surface area (Å²) in [4.78, 5) is 15.2. The lowest BCUT2D eigenvalue weighted by Gasteiger charge is -2.09. The van der Waals surface area contributed by atoms with Crippen LogP contribution in [-0.2, 0) is 11.3 Å². The first-order valence-electron chi connectivity index (χ1n) is 5.05. The molecule has 0 aliphatic rings. The van der Waals surface area contributed by atoms with E-state index in [0.717, 1.165) is 0 Å². The number of nitrogens with zero attached hydrogens (tertiary/aromatic N) is 2. The fourth-order valence-electron chi connectivity index (χ4n) is 1.09. The molecule has 1 atom stereocenters. The molecule has 1 rings (SSSR count). The topological polar surface area (TPSA) is 67.2 Å². The van der Waals surface area contributed by atoms with E-state index in [4.69, 9.17) is 5.11 Å². The predicted octanol–water partition coefficient (Wildman–Crippen LogP) is 0.0178. The van der Waals surface area contributed by atoms with E-state index in [0.29, 0.717) is 19.5 Å². The van der Waals surface area contributed by atoms with Crippen molar-refractivity contribution in [2.24, 2.45) is 5.92 Å². The van der Waals surface area contributed by atoms with Gasteiger partial charge in [0.2, 0.25) is 5.91 Å². The Morgan fingerprint density at radius 2 is 2.47 bits per heavy atom.